The third-order valence-corrected chi connectivity index (χ3v) is 4.48. The van der Waals surface area contributed by atoms with E-state index in [0.29, 0.717) is 12.2 Å². The third kappa shape index (κ3) is 2.42. The summed E-state index contributed by atoms with van der Waals surface area (Å²) >= 11 is 1.62. The van der Waals surface area contributed by atoms with Crippen molar-refractivity contribution >= 4 is 27.5 Å². The molecule has 4 rings (SSSR count). The van der Waals surface area contributed by atoms with Crippen LogP contribution in [0.15, 0.2) is 35.7 Å². The largest absolute Gasteiger partial charge is 0.454 e. The Balaban J connectivity index is 1.36. The first-order valence-corrected chi connectivity index (χ1v) is 7.90. The molecule has 3 heterocycles. The molecule has 0 spiro atoms. The van der Waals surface area contributed by atoms with Crippen molar-refractivity contribution < 1.29 is 14.3 Å². The first-order valence-electron chi connectivity index (χ1n) is 7.02. The predicted octanol–water partition coefficient (Wildman–Crippen LogP) is 2.93. The van der Waals surface area contributed by atoms with Gasteiger partial charge in [0, 0.05) is 6.54 Å². The van der Waals surface area contributed by atoms with Crippen molar-refractivity contribution in [3.8, 4) is 11.5 Å². The zero-order valence-corrected chi connectivity index (χ0v) is 12.5. The van der Waals surface area contributed by atoms with Crippen LogP contribution in [0.3, 0.4) is 0 Å². The predicted molar refractivity (Wildman–Crippen MR) is 84.8 cm³/mol. The van der Waals surface area contributed by atoms with Crippen molar-refractivity contribution in [3.63, 3.8) is 0 Å². The monoisotopic (exact) mass is 314 g/mol. The molecule has 0 radical (unpaired) electrons. The molecule has 1 aromatic carbocycles. The fraction of sp³-hybridized carbons (Fsp3) is 0.188. The van der Waals surface area contributed by atoms with Gasteiger partial charge in [-0.3, -0.25) is 4.79 Å². The zero-order chi connectivity index (χ0) is 14.9. The van der Waals surface area contributed by atoms with Crippen LogP contribution in [0.25, 0.3) is 10.2 Å². The van der Waals surface area contributed by atoms with Crippen molar-refractivity contribution in [2.75, 3.05) is 13.3 Å². The summed E-state index contributed by atoms with van der Waals surface area (Å²) in [5.41, 5.74) is 2.72. The minimum absolute atomic E-state index is 0.0795. The van der Waals surface area contributed by atoms with Gasteiger partial charge in [0.15, 0.2) is 11.5 Å². The molecule has 5 nitrogen and oxygen atoms in total. The summed E-state index contributed by atoms with van der Waals surface area (Å²) in [5.74, 6) is 1.47. The Morgan fingerprint density at radius 1 is 1.23 bits per heavy atom. The van der Waals surface area contributed by atoms with E-state index < -0.39 is 0 Å². The van der Waals surface area contributed by atoms with Crippen LogP contribution in [0.5, 0.6) is 11.5 Å². The topological polar surface area (TPSA) is 63.4 Å². The number of aromatic amines is 1. The van der Waals surface area contributed by atoms with Gasteiger partial charge in [-0.1, -0.05) is 6.07 Å². The van der Waals surface area contributed by atoms with Gasteiger partial charge in [0.2, 0.25) is 6.79 Å². The second kappa shape index (κ2) is 5.38. The number of thiophene rings is 1. The highest BCUT2D eigenvalue weighted by molar-refractivity contribution is 7.17. The van der Waals surface area contributed by atoms with E-state index in [4.69, 9.17) is 9.47 Å². The summed E-state index contributed by atoms with van der Waals surface area (Å²) in [7, 11) is 0. The van der Waals surface area contributed by atoms with Crippen LogP contribution in [0.1, 0.15) is 16.1 Å². The number of H-pyrrole nitrogens is 1. The van der Waals surface area contributed by atoms with Crippen LogP contribution in [0.2, 0.25) is 0 Å². The zero-order valence-electron chi connectivity index (χ0n) is 11.7. The van der Waals surface area contributed by atoms with Crippen molar-refractivity contribution in [3.05, 3.63) is 47.0 Å². The molecule has 0 saturated carbocycles. The summed E-state index contributed by atoms with van der Waals surface area (Å²) in [6.07, 6.45) is 0.747. The highest BCUT2D eigenvalue weighted by Crippen LogP contribution is 2.32. The van der Waals surface area contributed by atoms with Crippen molar-refractivity contribution in [2.24, 2.45) is 0 Å². The van der Waals surface area contributed by atoms with E-state index in [1.54, 1.807) is 11.3 Å². The lowest BCUT2D eigenvalue weighted by Gasteiger charge is -2.05. The minimum atomic E-state index is -0.0795. The fourth-order valence-corrected chi connectivity index (χ4v) is 3.27. The maximum Gasteiger partial charge on any atom is 0.267 e. The highest BCUT2D eigenvalue weighted by atomic mass is 32.1. The van der Waals surface area contributed by atoms with Crippen molar-refractivity contribution in [1.29, 1.82) is 0 Å². The smallest absolute Gasteiger partial charge is 0.267 e. The standard InChI is InChI=1S/C16H14N2O3S/c19-16(12-8-15-11(18-12)4-6-22-15)17-5-3-10-1-2-13-14(7-10)21-9-20-13/h1-2,4,6-8,18H,3,5,9H2,(H,17,19). The Hall–Kier alpha value is -2.47. The molecule has 2 N–H and O–H groups in total. The quantitative estimate of drug-likeness (QED) is 0.778. The van der Waals surface area contributed by atoms with Gasteiger partial charge in [0.05, 0.1) is 10.2 Å². The first kappa shape index (κ1) is 13.2. The summed E-state index contributed by atoms with van der Waals surface area (Å²) in [5, 5.41) is 4.93. The molecule has 22 heavy (non-hydrogen) atoms. The SMILES string of the molecule is O=C(NCCc1ccc2c(c1)OCO2)c1cc2sccc2[nH]1. The lowest BCUT2D eigenvalue weighted by Crippen LogP contribution is -2.25. The van der Waals surface area contributed by atoms with Gasteiger partial charge in [-0.2, -0.15) is 0 Å². The Morgan fingerprint density at radius 2 is 2.14 bits per heavy atom. The van der Waals surface area contributed by atoms with Gasteiger partial charge in [-0.05, 0) is 41.6 Å². The van der Waals surface area contributed by atoms with E-state index in [9.17, 15) is 4.79 Å². The van der Waals surface area contributed by atoms with Crippen LogP contribution >= 0.6 is 11.3 Å². The Labute approximate surface area is 130 Å². The normalized spacial score (nSPS) is 12.7. The Bertz CT molecular complexity index is 808. The minimum Gasteiger partial charge on any atom is -0.454 e. The van der Waals surface area contributed by atoms with Crippen LogP contribution in [-0.2, 0) is 6.42 Å². The summed E-state index contributed by atoms with van der Waals surface area (Å²) in [6.45, 7) is 0.852. The Kier molecular flexibility index (Phi) is 3.23. The lowest BCUT2D eigenvalue weighted by molar-refractivity contribution is 0.0950. The Morgan fingerprint density at radius 3 is 3.05 bits per heavy atom. The molecule has 0 fully saturated rings. The van der Waals surface area contributed by atoms with Crippen molar-refractivity contribution in [1.82, 2.24) is 10.3 Å². The summed E-state index contributed by atoms with van der Waals surface area (Å²) < 4.78 is 11.7. The number of rotatable bonds is 4. The van der Waals surface area contributed by atoms with Crippen LogP contribution in [0.4, 0.5) is 0 Å². The second-order valence-corrected chi connectivity index (χ2v) is 6.02. The molecular weight excluding hydrogens is 300 g/mol. The molecule has 3 aromatic rings. The van der Waals surface area contributed by atoms with E-state index in [1.807, 2.05) is 35.7 Å². The van der Waals surface area contributed by atoms with E-state index in [-0.39, 0.29) is 12.7 Å². The van der Waals surface area contributed by atoms with Gasteiger partial charge in [0.25, 0.3) is 5.91 Å². The van der Waals surface area contributed by atoms with E-state index in [2.05, 4.69) is 10.3 Å². The second-order valence-electron chi connectivity index (χ2n) is 5.08. The molecule has 112 valence electrons. The van der Waals surface area contributed by atoms with Crippen LogP contribution < -0.4 is 14.8 Å². The van der Waals surface area contributed by atoms with E-state index in [0.717, 1.165) is 33.7 Å². The van der Waals surface area contributed by atoms with E-state index >= 15 is 0 Å². The summed E-state index contributed by atoms with van der Waals surface area (Å²) in [4.78, 5) is 15.2. The maximum absolute atomic E-state index is 12.1. The number of aromatic nitrogens is 1. The number of fused-ring (bicyclic) bond motifs is 2. The van der Waals surface area contributed by atoms with Gasteiger partial charge in [0.1, 0.15) is 5.69 Å². The molecule has 0 saturated heterocycles. The number of benzene rings is 1. The number of hydrogen-bond donors (Lipinski definition) is 2. The number of carbonyl (C=O) groups excluding carboxylic acids is 1. The molecule has 1 aliphatic rings. The molecule has 6 heteroatoms. The molecule has 0 atom stereocenters. The molecule has 0 unspecified atom stereocenters. The van der Waals surface area contributed by atoms with Crippen LogP contribution in [-0.4, -0.2) is 24.2 Å². The molecule has 0 bridgehead atoms. The highest BCUT2D eigenvalue weighted by Gasteiger charge is 2.13. The van der Waals surface area contributed by atoms with Gasteiger partial charge < -0.3 is 19.8 Å². The van der Waals surface area contributed by atoms with E-state index in [1.165, 1.54) is 0 Å². The molecule has 1 aliphatic heterocycles. The average molecular weight is 314 g/mol. The van der Waals surface area contributed by atoms with Crippen LogP contribution in [0, 0.1) is 0 Å². The number of nitrogens with one attached hydrogen (secondary N) is 2. The molecule has 2 aromatic heterocycles. The van der Waals surface area contributed by atoms with Crippen molar-refractivity contribution in [2.45, 2.75) is 6.42 Å². The van der Waals surface area contributed by atoms with Gasteiger partial charge in [-0.25, -0.2) is 0 Å². The fourth-order valence-electron chi connectivity index (χ4n) is 2.48. The van der Waals surface area contributed by atoms with Gasteiger partial charge in [-0.15, -0.1) is 11.3 Å². The number of amides is 1. The first-order chi connectivity index (χ1) is 10.8. The van der Waals surface area contributed by atoms with Gasteiger partial charge >= 0.3 is 0 Å². The lowest BCUT2D eigenvalue weighted by atomic mass is 10.1. The maximum atomic E-state index is 12.1. The molecule has 0 aliphatic carbocycles. The number of carbonyl (C=O) groups is 1. The third-order valence-electron chi connectivity index (χ3n) is 3.62. The average Bonchev–Trinajstić information content (AvgIpc) is 3.21. The molecule has 1 amide bonds. The number of hydrogen-bond acceptors (Lipinski definition) is 4. The number of ether oxygens (including phenoxy) is 2. The molecular formula is C16H14N2O3S. The summed E-state index contributed by atoms with van der Waals surface area (Å²) in [6, 6.07) is 9.71.